The molecule has 0 amide bonds. The fourth-order valence-corrected chi connectivity index (χ4v) is 2.50. The minimum atomic E-state index is -0.00176. The van der Waals surface area contributed by atoms with Crippen molar-refractivity contribution in [1.29, 1.82) is 0 Å². The molecule has 2 N–H and O–H groups in total. The van der Waals surface area contributed by atoms with Gasteiger partial charge >= 0.3 is 0 Å². The molecule has 5 nitrogen and oxygen atoms in total. The first-order valence-corrected chi connectivity index (χ1v) is 6.70. The quantitative estimate of drug-likeness (QED) is 0.906. The van der Waals surface area contributed by atoms with Crippen LogP contribution in [0.4, 0.5) is 5.95 Å². The molecular weight excluding hydrogens is 226 g/mol. The molecule has 0 aliphatic rings. The van der Waals surface area contributed by atoms with Crippen molar-refractivity contribution in [1.82, 2.24) is 19.3 Å². The summed E-state index contributed by atoms with van der Waals surface area (Å²) in [7, 11) is 0. The Kier molecular flexibility index (Phi) is 3.09. The number of imidazole rings is 1. The Bertz CT molecular complexity index is 559. The number of rotatable bonds is 4. The van der Waals surface area contributed by atoms with Crippen molar-refractivity contribution in [2.45, 2.75) is 59.5 Å². The van der Waals surface area contributed by atoms with Crippen LogP contribution in [0.2, 0.25) is 0 Å². The van der Waals surface area contributed by atoms with Gasteiger partial charge in [0.2, 0.25) is 5.95 Å². The van der Waals surface area contributed by atoms with E-state index in [0.717, 1.165) is 36.2 Å². The molecule has 0 unspecified atom stereocenters. The number of hydrogen-bond acceptors (Lipinski definition) is 3. The van der Waals surface area contributed by atoms with Gasteiger partial charge in [-0.15, -0.1) is 0 Å². The Balaban J connectivity index is 2.80. The fraction of sp³-hybridized carbons (Fsp3) is 0.692. The van der Waals surface area contributed by atoms with Crippen LogP contribution in [0, 0.1) is 6.92 Å². The molecule has 18 heavy (non-hydrogen) atoms. The maximum Gasteiger partial charge on any atom is 0.203 e. The van der Waals surface area contributed by atoms with Crippen LogP contribution in [0.5, 0.6) is 0 Å². The van der Waals surface area contributed by atoms with Crippen LogP contribution >= 0.6 is 0 Å². The molecule has 0 bridgehead atoms. The number of nitrogens with two attached hydrogens (primary N) is 1. The predicted octanol–water partition coefficient (Wildman–Crippen LogP) is 2.68. The summed E-state index contributed by atoms with van der Waals surface area (Å²) in [6.45, 7) is 11.5. The van der Waals surface area contributed by atoms with Crippen LogP contribution in [-0.4, -0.2) is 19.3 Å². The molecule has 0 aliphatic heterocycles. The Morgan fingerprint density at radius 1 is 1.22 bits per heavy atom. The molecule has 2 aromatic rings. The third-order valence-electron chi connectivity index (χ3n) is 4.10. The third kappa shape index (κ3) is 1.61. The second-order valence-corrected chi connectivity index (χ2v) is 5.08. The van der Waals surface area contributed by atoms with Crippen LogP contribution in [0.15, 0.2) is 0 Å². The number of nitrogen functional groups attached to an aromatic ring is 1. The Labute approximate surface area is 108 Å². The summed E-state index contributed by atoms with van der Waals surface area (Å²) in [6.07, 6.45) is 2.04. The van der Waals surface area contributed by atoms with Crippen LogP contribution < -0.4 is 5.73 Å². The molecule has 0 aromatic carbocycles. The second-order valence-electron chi connectivity index (χ2n) is 5.08. The first-order valence-electron chi connectivity index (χ1n) is 6.70. The highest BCUT2D eigenvalue weighted by Gasteiger charge is 2.29. The van der Waals surface area contributed by atoms with Gasteiger partial charge in [0.25, 0.3) is 0 Å². The summed E-state index contributed by atoms with van der Waals surface area (Å²) in [5, 5.41) is 4.53. The normalized spacial score (nSPS) is 12.5. The van der Waals surface area contributed by atoms with Gasteiger partial charge in [-0.25, -0.2) is 9.67 Å². The molecule has 5 heteroatoms. The van der Waals surface area contributed by atoms with Crippen molar-refractivity contribution in [3.8, 4) is 0 Å². The summed E-state index contributed by atoms with van der Waals surface area (Å²) in [4.78, 5) is 4.50. The van der Waals surface area contributed by atoms with E-state index in [1.54, 1.807) is 0 Å². The highest BCUT2D eigenvalue weighted by atomic mass is 15.4. The number of nitrogens with zero attached hydrogens (tertiary/aromatic N) is 4. The molecule has 0 atom stereocenters. The van der Waals surface area contributed by atoms with Gasteiger partial charge in [0.1, 0.15) is 5.52 Å². The van der Waals surface area contributed by atoms with E-state index in [0.29, 0.717) is 5.95 Å². The topological polar surface area (TPSA) is 61.7 Å². The van der Waals surface area contributed by atoms with Gasteiger partial charge in [-0.1, -0.05) is 13.8 Å². The highest BCUT2D eigenvalue weighted by molar-refractivity contribution is 5.78. The SMILES string of the molecule is CCn1nc(C)c2nc(N)n(C(C)(CC)CC)c21. The summed E-state index contributed by atoms with van der Waals surface area (Å²) < 4.78 is 4.16. The number of fused-ring (bicyclic) bond motifs is 1. The van der Waals surface area contributed by atoms with Gasteiger partial charge in [0.15, 0.2) is 5.65 Å². The summed E-state index contributed by atoms with van der Waals surface area (Å²) >= 11 is 0. The second kappa shape index (κ2) is 4.30. The summed E-state index contributed by atoms with van der Waals surface area (Å²) in [6, 6.07) is 0. The van der Waals surface area contributed by atoms with Gasteiger partial charge in [0.05, 0.1) is 5.69 Å². The Morgan fingerprint density at radius 2 is 1.83 bits per heavy atom. The van der Waals surface area contributed by atoms with Crippen LogP contribution in [0.1, 0.15) is 46.2 Å². The molecule has 0 saturated carbocycles. The molecule has 0 saturated heterocycles. The first-order chi connectivity index (χ1) is 8.48. The zero-order valence-electron chi connectivity index (χ0n) is 12.0. The largest absolute Gasteiger partial charge is 0.369 e. The molecule has 2 heterocycles. The lowest BCUT2D eigenvalue weighted by Gasteiger charge is -2.30. The van der Waals surface area contributed by atoms with Gasteiger partial charge in [-0.05, 0) is 33.6 Å². The van der Waals surface area contributed by atoms with Crippen LogP contribution in [0.3, 0.4) is 0 Å². The molecule has 0 spiro atoms. The number of hydrogen-bond donors (Lipinski definition) is 1. The van der Waals surface area contributed by atoms with Crippen molar-refractivity contribution in [3.05, 3.63) is 5.69 Å². The van der Waals surface area contributed by atoms with Crippen molar-refractivity contribution in [2.75, 3.05) is 5.73 Å². The van der Waals surface area contributed by atoms with Gasteiger partial charge in [-0.3, -0.25) is 4.57 Å². The predicted molar refractivity (Wildman–Crippen MR) is 74.6 cm³/mol. The van der Waals surface area contributed by atoms with E-state index in [-0.39, 0.29) is 5.54 Å². The summed E-state index contributed by atoms with van der Waals surface area (Å²) in [5.74, 6) is 0.596. The lowest BCUT2D eigenvalue weighted by Crippen LogP contribution is -2.30. The number of aryl methyl sites for hydroxylation is 2. The van der Waals surface area contributed by atoms with Gasteiger partial charge in [0, 0.05) is 12.1 Å². The zero-order valence-corrected chi connectivity index (χ0v) is 12.0. The fourth-order valence-electron chi connectivity index (χ4n) is 2.50. The van der Waals surface area contributed by atoms with Crippen molar-refractivity contribution in [2.24, 2.45) is 0 Å². The average molecular weight is 249 g/mol. The highest BCUT2D eigenvalue weighted by Crippen LogP contribution is 2.33. The van der Waals surface area contributed by atoms with Crippen LogP contribution in [-0.2, 0) is 12.1 Å². The van der Waals surface area contributed by atoms with E-state index >= 15 is 0 Å². The molecule has 0 aliphatic carbocycles. The van der Waals surface area contributed by atoms with E-state index in [2.05, 4.69) is 42.3 Å². The van der Waals surface area contributed by atoms with Crippen molar-refractivity contribution < 1.29 is 0 Å². The standard InChI is InChI=1S/C13H23N5/c1-6-13(5,7-2)18-11-10(15-12(18)14)9(4)16-17(11)8-3/h6-8H2,1-5H3,(H2,14,15). The smallest absolute Gasteiger partial charge is 0.203 e. The lowest BCUT2D eigenvalue weighted by atomic mass is 9.95. The van der Waals surface area contributed by atoms with Gasteiger partial charge < -0.3 is 5.73 Å². The average Bonchev–Trinajstić information content (AvgIpc) is 2.86. The number of aromatic nitrogens is 4. The molecular formula is C13H23N5. The van der Waals surface area contributed by atoms with Crippen molar-refractivity contribution in [3.63, 3.8) is 0 Å². The molecule has 100 valence electrons. The summed E-state index contributed by atoms with van der Waals surface area (Å²) in [5.41, 5.74) is 9.07. The van der Waals surface area contributed by atoms with Gasteiger partial charge in [-0.2, -0.15) is 5.10 Å². The zero-order chi connectivity index (χ0) is 13.5. The third-order valence-corrected chi connectivity index (χ3v) is 4.10. The van der Waals surface area contributed by atoms with E-state index in [9.17, 15) is 0 Å². The van der Waals surface area contributed by atoms with E-state index in [4.69, 9.17) is 5.73 Å². The molecule has 2 aromatic heterocycles. The minimum Gasteiger partial charge on any atom is -0.369 e. The molecule has 0 radical (unpaired) electrons. The minimum absolute atomic E-state index is 0.00176. The van der Waals surface area contributed by atoms with Crippen molar-refractivity contribution >= 4 is 17.1 Å². The Morgan fingerprint density at radius 3 is 2.33 bits per heavy atom. The van der Waals surface area contributed by atoms with E-state index in [1.165, 1.54) is 0 Å². The molecule has 0 fully saturated rings. The monoisotopic (exact) mass is 249 g/mol. The van der Waals surface area contributed by atoms with E-state index < -0.39 is 0 Å². The maximum absolute atomic E-state index is 6.14. The maximum atomic E-state index is 6.14. The number of anilines is 1. The Hall–Kier alpha value is -1.52. The van der Waals surface area contributed by atoms with Crippen LogP contribution in [0.25, 0.3) is 11.2 Å². The molecule has 2 rings (SSSR count). The lowest BCUT2D eigenvalue weighted by molar-refractivity contribution is 0.302. The van der Waals surface area contributed by atoms with E-state index in [1.807, 2.05) is 11.6 Å². The first kappa shape index (κ1) is 12.9.